The van der Waals surface area contributed by atoms with Gasteiger partial charge in [-0.3, -0.25) is 9.78 Å². The molecule has 8 heteroatoms. The number of rotatable bonds is 6. The lowest BCUT2D eigenvalue weighted by molar-refractivity contribution is -0.121. The second kappa shape index (κ2) is 9.44. The summed E-state index contributed by atoms with van der Waals surface area (Å²) in [5.41, 5.74) is 4.58. The smallest absolute Gasteiger partial charge is 0.338 e. The third-order valence-corrected chi connectivity index (χ3v) is 6.26. The molecule has 1 aliphatic heterocycles. The summed E-state index contributed by atoms with van der Waals surface area (Å²) in [6, 6.07) is 18.6. The Morgan fingerprint density at radius 1 is 1.12 bits per heavy atom. The molecule has 170 valence electrons. The molecule has 0 N–H and O–H groups in total. The summed E-state index contributed by atoms with van der Waals surface area (Å²) >= 11 is 1.52. The quantitative estimate of drug-likeness (QED) is 0.369. The number of benzene rings is 2. The summed E-state index contributed by atoms with van der Waals surface area (Å²) in [4.78, 5) is 35.5. The molecule has 0 saturated heterocycles. The minimum Gasteiger partial charge on any atom is -0.482 e. The largest absolute Gasteiger partial charge is 0.482 e. The van der Waals surface area contributed by atoms with Crippen LogP contribution in [0.3, 0.4) is 0 Å². The van der Waals surface area contributed by atoms with Crippen LogP contribution in [-0.4, -0.2) is 35.1 Å². The van der Waals surface area contributed by atoms with Crippen molar-refractivity contribution in [3.63, 3.8) is 0 Å². The highest BCUT2D eigenvalue weighted by molar-refractivity contribution is 7.13. The van der Waals surface area contributed by atoms with Gasteiger partial charge in [0.2, 0.25) is 0 Å². The van der Waals surface area contributed by atoms with Crippen molar-refractivity contribution in [1.29, 1.82) is 0 Å². The van der Waals surface area contributed by atoms with Gasteiger partial charge in [0.1, 0.15) is 10.8 Å². The maximum atomic E-state index is 12.8. The van der Waals surface area contributed by atoms with E-state index in [-0.39, 0.29) is 18.5 Å². The number of nitrogens with zero attached hydrogens (tertiary/aromatic N) is 3. The second-order valence-electron chi connectivity index (χ2n) is 7.62. The third-order valence-electron chi connectivity index (χ3n) is 5.39. The summed E-state index contributed by atoms with van der Waals surface area (Å²) in [5, 5.41) is 2.81. The van der Waals surface area contributed by atoms with E-state index in [0.29, 0.717) is 30.2 Å². The Morgan fingerprint density at radius 2 is 1.97 bits per heavy atom. The summed E-state index contributed by atoms with van der Waals surface area (Å²) < 4.78 is 10.7. The standard InChI is InChI=1S/C26H21N3O4S/c1-2-32-26(31)18-8-6-17(7-9-18)14-29-22-13-19(10-11-23(22)33-15-24(29)30)21-16-34-25(28-21)20-5-3-4-12-27-20/h3-13,16H,2,14-15H2,1H3. The highest BCUT2D eigenvalue weighted by Crippen LogP contribution is 2.38. The van der Waals surface area contributed by atoms with Crippen LogP contribution in [0.1, 0.15) is 22.8 Å². The molecule has 0 aliphatic carbocycles. The Kier molecular flexibility index (Phi) is 6.05. The van der Waals surface area contributed by atoms with E-state index in [9.17, 15) is 9.59 Å². The Bertz CT molecular complexity index is 1340. The zero-order valence-electron chi connectivity index (χ0n) is 18.4. The Hall–Kier alpha value is -4.04. The molecule has 4 aromatic rings. The molecule has 0 atom stereocenters. The van der Waals surface area contributed by atoms with Crippen LogP contribution >= 0.6 is 11.3 Å². The van der Waals surface area contributed by atoms with Gasteiger partial charge in [-0.2, -0.15) is 0 Å². The van der Waals surface area contributed by atoms with Crippen LogP contribution < -0.4 is 9.64 Å². The van der Waals surface area contributed by atoms with E-state index < -0.39 is 0 Å². The normalized spacial score (nSPS) is 12.7. The SMILES string of the molecule is CCOC(=O)c1ccc(CN2C(=O)COc3ccc(-c4csc(-c5ccccn5)n4)cc32)cc1. The molecule has 1 aliphatic rings. The van der Waals surface area contributed by atoms with Crippen molar-refractivity contribution in [2.45, 2.75) is 13.5 Å². The molecular weight excluding hydrogens is 450 g/mol. The average Bonchev–Trinajstić information content (AvgIpc) is 3.37. The first kappa shape index (κ1) is 21.8. The van der Waals surface area contributed by atoms with Crippen molar-refractivity contribution >= 4 is 28.9 Å². The van der Waals surface area contributed by atoms with E-state index in [0.717, 1.165) is 27.5 Å². The predicted molar refractivity (Wildman–Crippen MR) is 130 cm³/mol. The van der Waals surface area contributed by atoms with Crippen LogP contribution in [0, 0.1) is 0 Å². The molecule has 0 bridgehead atoms. The molecule has 0 unspecified atom stereocenters. The molecule has 34 heavy (non-hydrogen) atoms. The summed E-state index contributed by atoms with van der Waals surface area (Å²) in [6.07, 6.45) is 1.75. The lowest BCUT2D eigenvalue weighted by atomic mass is 10.1. The molecule has 7 nitrogen and oxygen atoms in total. The number of esters is 1. The number of hydrogen-bond acceptors (Lipinski definition) is 7. The van der Waals surface area contributed by atoms with E-state index in [1.54, 1.807) is 30.2 Å². The maximum absolute atomic E-state index is 12.8. The molecule has 5 rings (SSSR count). The van der Waals surface area contributed by atoms with Crippen LogP contribution in [0.15, 0.2) is 72.2 Å². The number of amides is 1. The zero-order valence-corrected chi connectivity index (χ0v) is 19.2. The summed E-state index contributed by atoms with van der Waals surface area (Å²) in [6.45, 7) is 2.43. The van der Waals surface area contributed by atoms with Gasteiger partial charge in [-0.1, -0.05) is 18.2 Å². The number of thiazole rings is 1. The van der Waals surface area contributed by atoms with Crippen molar-refractivity contribution in [2.75, 3.05) is 18.1 Å². The highest BCUT2D eigenvalue weighted by Gasteiger charge is 2.26. The van der Waals surface area contributed by atoms with Crippen molar-refractivity contribution in [3.8, 4) is 27.7 Å². The minimum atomic E-state index is -0.361. The summed E-state index contributed by atoms with van der Waals surface area (Å²) in [7, 11) is 0. The van der Waals surface area contributed by atoms with Gasteiger partial charge in [0.05, 0.1) is 35.8 Å². The summed E-state index contributed by atoms with van der Waals surface area (Å²) in [5.74, 6) is 0.151. The highest BCUT2D eigenvalue weighted by atomic mass is 32.1. The number of pyridine rings is 1. The lowest BCUT2D eigenvalue weighted by Crippen LogP contribution is -2.38. The number of carbonyl (C=O) groups excluding carboxylic acids is 2. The van der Waals surface area contributed by atoms with Gasteiger partial charge < -0.3 is 14.4 Å². The lowest BCUT2D eigenvalue weighted by Gasteiger charge is -2.30. The number of aromatic nitrogens is 2. The van der Waals surface area contributed by atoms with Crippen LogP contribution in [0.4, 0.5) is 5.69 Å². The van der Waals surface area contributed by atoms with E-state index in [1.165, 1.54) is 11.3 Å². The Morgan fingerprint density at radius 3 is 2.74 bits per heavy atom. The first-order valence-electron chi connectivity index (χ1n) is 10.8. The molecule has 2 aromatic heterocycles. The molecule has 0 spiro atoms. The Labute approximate surface area is 200 Å². The average molecular weight is 472 g/mol. The van der Waals surface area contributed by atoms with E-state index >= 15 is 0 Å². The van der Waals surface area contributed by atoms with Crippen molar-refractivity contribution < 1.29 is 19.1 Å². The van der Waals surface area contributed by atoms with Gasteiger partial charge in [-0.15, -0.1) is 11.3 Å². The first-order chi connectivity index (χ1) is 16.6. The monoisotopic (exact) mass is 471 g/mol. The van der Waals surface area contributed by atoms with Crippen LogP contribution in [0.25, 0.3) is 22.0 Å². The van der Waals surface area contributed by atoms with Gasteiger partial charge in [0, 0.05) is 17.1 Å². The van der Waals surface area contributed by atoms with E-state index in [4.69, 9.17) is 14.5 Å². The van der Waals surface area contributed by atoms with Gasteiger partial charge >= 0.3 is 5.97 Å². The van der Waals surface area contributed by atoms with Gasteiger partial charge in [-0.25, -0.2) is 9.78 Å². The zero-order chi connectivity index (χ0) is 23.5. The van der Waals surface area contributed by atoms with Crippen LogP contribution in [0.2, 0.25) is 0 Å². The van der Waals surface area contributed by atoms with Crippen LogP contribution in [0.5, 0.6) is 5.75 Å². The number of anilines is 1. The van der Waals surface area contributed by atoms with Gasteiger partial charge in [0.25, 0.3) is 5.91 Å². The number of ether oxygens (including phenoxy) is 2. The molecular formula is C26H21N3O4S. The van der Waals surface area contributed by atoms with Gasteiger partial charge in [0.15, 0.2) is 6.61 Å². The molecule has 2 aromatic carbocycles. The number of carbonyl (C=O) groups is 2. The molecule has 3 heterocycles. The second-order valence-corrected chi connectivity index (χ2v) is 8.48. The minimum absolute atomic E-state index is 0.0201. The molecule has 0 saturated carbocycles. The fourth-order valence-corrected chi connectivity index (χ4v) is 4.50. The fourth-order valence-electron chi connectivity index (χ4n) is 3.69. The number of hydrogen-bond donors (Lipinski definition) is 0. The van der Waals surface area contributed by atoms with E-state index in [2.05, 4.69) is 4.98 Å². The first-order valence-corrected chi connectivity index (χ1v) is 11.7. The van der Waals surface area contributed by atoms with E-state index in [1.807, 2.05) is 53.9 Å². The molecule has 0 fully saturated rings. The van der Waals surface area contributed by atoms with Gasteiger partial charge in [-0.05, 0) is 55.0 Å². The van der Waals surface area contributed by atoms with Crippen molar-refractivity contribution in [3.05, 3.63) is 83.4 Å². The van der Waals surface area contributed by atoms with Crippen molar-refractivity contribution in [1.82, 2.24) is 9.97 Å². The number of fused-ring (bicyclic) bond motifs is 1. The predicted octanol–water partition coefficient (Wildman–Crippen LogP) is 4.97. The van der Waals surface area contributed by atoms with Crippen LogP contribution in [-0.2, 0) is 16.1 Å². The Balaban J connectivity index is 1.42. The topological polar surface area (TPSA) is 81.6 Å². The maximum Gasteiger partial charge on any atom is 0.338 e. The third kappa shape index (κ3) is 4.40. The molecule has 1 amide bonds. The molecule has 0 radical (unpaired) electrons. The van der Waals surface area contributed by atoms with Crippen molar-refractivity contribution in [2.24, 2.45) is 0 Å². The fraction of sp³-hybridized carbons (Fsp3) is 0.154.